The average molecular weight is 352 g/mol. The fourth-order valence-corrected chi connectivity index (χ4v) is 2.91. The lowest BCUT2D eigenvalue weighted by Gasteiger charge is -2.06. The minimum atomic E-state index is 0.156. The van der Waals surface area contributed by atoms with Crippen LogP contribution < -0.4 is 0 Å². The van der Waals surface area contributed by atoms with E-state index in [1.54, 1.807) is 12.1 Å². The molecule has 0 unspecified atom stereocenters. The Hall–Kier alpha value is -2.49. The van der Waals surface area contributed by atoms with Crippen LogP contribution in [0, 0.1) is 0 Å². The van der Waals surface area contributed by atoms with Crippen molar-refractivity contribution < 1.29 is 0 Å². The molecule has 0 saturated carbocycles. The van der Waals surface area contributed by atoms with Crippen LogP contribution in [0.15, 0.2) is 66.7 Å². The number of rotatable bonds is 2. The highest BCUT2D eigenvalue weighted by molar-refractivity contribution is 6.30. The quantitative estimate of drug-likeness (QED) is 0.467. The van der Waals surface area contributed by atoms with Gasteiger partial charge in [-0.05, 0) is 40.6 Å². The number of benzene rings is 3. The molecule has 3 aromatic carbocycles. The summed E-state index contributed by atoms with van der Waals surface area (Å²) in [6.07, 6.45) is 0. The van der Waals surface area contributed by atoms with E-state index in [1.807, 2.05) is 42.5 Å². The van der Waals surface area contributed by atoms with Crippen molar-refractivity contribution in [1.29, 1.82) is 0 Å². The molecule has 4 rings (SSSR count). The van der Waals surface area contributed by atoms with Crippen LogP contribution >= 0.6 is 23.2 Å². The van der Waals surface area contributed by atoms with Crippen molar-refractivity contribution in [2.24, 2.45) is 0 Å². The lowest BCUT2D eigenvalue weighted by molar-refractivity contribution is 1.07. The zero-order valence-corrected chi connectivity index (χ0v) is 14.0. The van der Waals surface area contributed by atoms with Crippen LogP contribution in [-0.4, -0.2) is 15.0 Å². The molecule has 1 aromatic heterocycles. The van der Waals surface area contributed by atoms with Crippen molar-refractivity contribution in [1.82, 2.24) is 15.0 Å². The highest BCUT2D eigenvalue weighted by atomic mass is 35.5. The molecule has 0 radical (unpaired) electrons. The van der Waals surface area contributed by atoms with Gasteiger partial charge in [0.15, 0.2) is 11.6 Å². The Morgan fingerprint density at radius 2 is 1.29 bits per heavy atom. The fraction of sp³-hybridized carbons (Fsp3) is 0. The topological polar surface area (TPSA) is 38.7 Å². The van der Waals surface area contributed by atoms with Gasteiger partial charge in [-0.15, -0.1) is 0 Å². The van der Waals surface area contributed by atoms with E-state index >= 15 is 0 Å². The summed E-state index contributed by atoms with van der Waals surface area (Å²) in [4.78, 5) is 13.0. The van der Waals surface area contributed by atoms with Crippen molar-refractivity contribution >= 4 is 34.0 Å². The summed E-state index contributed by atoms with van der Waals surface area (Å²) < 4.78 is 0. The van der Waals surface area contributed by atoms with Crippen molar-refractivity contribution in [2.45, 2.75) is 0 Å². The molecule has 0 saturated heterocycles. The molecule has 5 heteroatoms. The number of halogens is 2. The van der Waals surface area contributed by atoms with E-state index in [4.69, 9.17) is 23.2 Å². The standard InChI is InChI=1S/C19H11Cl2N3/c20-16-7-3-6-14(11-16)17-22-18(24-19(21)23-17)15-9-8-12-4-1-2-5-13(12)10-15/h1-11H. The maximum Gasteiger partial charge on any atom is 0.226 e. The molecule has 0 bridgehead atoms. The zero-order valence-electron chi connectivity index (χ0n) is 12.4. The van der Waals surface area contributed by atoms with Gasteiger partial charge in [-0.3, -0.25) is 0 Å². The molecule has 4 aromatic rings. The Kier molecular flexibility index (Phi) is 3.89. The van der Waals surface area contributed by atoms with E-state index in [2.05, 4.69) is 27.1 Å². The number of aromatic nitrogens is 3. The van der Waals surface area contributed by atoms with Gasteiger partial charge in [0.2, 0.25) is 5.28 Å². The SMILES string of the molecule is Clc1cccc(-c2nc(Cl)nc(-c3ccc4ccccc4c3)n2)c1. The maximum atomic E-state index is 6.11. The highest BCUT2D eigenvalue weighted by Gasteiger charge is 2.10. The smallest absolute Gasteiger partial charge is 0.208 e. The van der Waals surface area contributed by atoms with E-state index < -0.39 is 0 Å². The molecule has 0 aliphatic carbocycles. The molecule has 0 fully saturated rings. The molecule has 0 aliphatic rings. The van der Waals surface area contributed by atoms with Crippen LogP contribution in [-0.2, 0) is 0 Å². The Balaban J connectivity index is 1.85. The molecule has 1 heterocycles. The predicted molar refractivity (Wildman–Crippen MR) is 98.2 cm³/mol. The van der Waals surface area contributed by atoms with Gasteiger partial charge in [-0.2, -0.15) is 9.97 Å². The molecule has 116 valence electrons. The van der Waals surface area contributed by atoms with Crippen LogP contribution in [0.2, 0.25) is 10.3 Å². The van der Waals surface area contributed by atoms with Gasteiger partial charge >= 0.3 is 0 Å². The summed E-state index contributed by atoms with van der Waals surface area (Å²) in [6, 6.07) is 21.6. The largest absolute Gasteiger partial charge is 0.226 e. The monoisotopic (exact) mass is 351 g/mol. The first kappa shape index (κ1) is 15.1. The predicted octanol–water partition coefficient (Wildman–Crippen LogP) is 5.67. The van der Waals surface area contributed by atoms with Gasteiger partial charge in [0.1, 0.15) is 0 Å². The fourth-order valence-electron chi connectivity index (χ4n) is 2.56. The van der Waals surface area contributed by atoms with Crippen molar-refractivity contribution in [3.8, 4) is 22.8 Å². The summed E-state index contributed by atoms with van der Waals surface area (Å²) in [7, 11) is 0. The average Bonchev–Trinajstić information content (AvgIpc) is 2.61. The summed E-state index contributed by atoms with van der Waals surface area (Å²) in [5.74, 6) is 1.04. The molecule has 0 atom stereocenters. The molecule has 0 N–H and O–H groups in total. The third kappa shape index (κ3) is 2.96. The lowest BCUT2D eigenvalue weighted by atomic mass is 10.1. The van der Waals surface area contributed by atoms with Crippen LogP contribution in [0.4, 0.5) is 0 Å². The summed E-state index contributed by atoms with van der Waals surface area (Å²) in [6.45, 7) is 0. The number of hydrogen-bond donors (Lipinski definition) is 0. The minimum Gasteiger partial charge on any atom is -0.208 e. The third-order valence-corrected chi connectivity index (χ3v) is 4.10. The van der Waals surface area contributed by atoms with E-state index in [-0.39, 0.29) is 5.28 Å². The summed E-state index contributed by atoms with van der Waals surface area (Å²) in [5, 5.41) is 3.06. The van der Waals surface area contributed by atoms with Gasteiger partial charge in [0.05, 0.1) is 0 Å². The Labute approximate surface area is 148 Å². The van der Waals surface area contributed by atoms with E-state index in [0.29, 0.717) is 16.7 Å². The van der Waals surface area contributed by atoms with Gasteiger partial charge in [0.25, 0.3) is 0 Å². The van der Waals surface area contributed by atoms with Crippen molar-refractivity contribution in [3.63, 3.8) is 0 Å². The van der Waals surface area contributed by atoms with Gasteiger partial charge in [0, 0.05) is 16.1 Å². The maximum absolute atomic E-state index is 6.11. The van der Waals surface area contributed by atoms with Crippen LogP contribution in [0.1, 0.15) is 0 Å². The second-order valence-electron chi connectivity index (χ2n) is 5.32. The van der Waals surface area contributed by atoms with Crippen molar-refractivity contribution in [2.75, 3.05) is 0 Å². The molecule has 0 aliphatic heterocycles. The van der Waals surface area contributed by atoms with Gasteiger partial charge in [-0.1, -0.05) is 60.1 Å². The normalized spacial score (nSPS) is 10.9. The highest BCUT2D eigenvalue weighted by Crippen LogP contribution is 2.26. The van der Waals surface area contributed by atoms with Gasteiger partial charge < -0.3 is 0 Å². The van der Waals surface area contributed by atoms with Crippen LogP contribution in [0.25, 0.3) is 33.5 Å². The Morgan fingerprint density at radius 3 is 2.04 bits per heavy atom. The Bertz CT molecular complexity index is 1050. The molecule has 0 amide bonds. The second kappa shape index (κ2) is 6.19. The number of hydrogen-bond acceptors (Lipinski definition) is 3. The molecular formula is C19H11Cl2N3. The first-order valence-corrected chi connectivity index (χ1v) is 8.11. The van der Waals surface area contributed by atoms with E-state index in [9.17, 15) is 0 Å². The molecule has 0 spiro atoms. The van der Waals surface area contributed by atoms with E-state index in [1.165, 1.54) is 0 Å². The molecular weight excluding hydrogens is 341 g/mol. The summed E-state index contributed by atoms with van der Waals surface area (Å²) in [5.41, 5.74) is 1.69. The van der Waals surface area contributed by atoms with Gasteiger partial charge in [-0.25, -0.2) is 4.98 Å². The first-order chi connectivity index (χ1) is 11.7. The second-order valence-corrected chi connectivity index (χ2v) is 6.10. The first-order valence-electron chi connectivity index (χ1n) is 7.36. The molecule has 24 heavy (non-hydrogen) atoms. The van der Waals surface area contributed by atoms with Crippen LogP contribution in [0.5, 0.6) is 0 Å². The Morgan fingerprint density at radius 1 is 0.583 bits per heavy atom. The summed E-state index contributed by atoms with van der Waals surface area (Å²) >= 11 is 12.2. The third-order valence-electron chi connectivity index (χ3n) is 3.70. The minimum absolute atomic E-state index is 0.156. The number of fused-ring (bicyclic) bond motifs is 1. The van der Waals surface area contributed by atoms with E-state index in [0.717, 1.165) is 21.9 Å². The van der Waals surface area contributed by atoms with Crippen LogP contribution in [0.3, 0.4) is 0 Å². The zero-order chi connectivity index (χ0) is 16.5. The number of nitrogens with zero attached hydrogens (tertiary/aromatic N) is 3. The molecule has 3 nitrogen and oxygen atoms in total. The van der Waals surface area contributed by atoms with Crippen molar-refractivity contribution in [3.05, 3.63) is 77.0 Å². The lowest BCUT2D eigenvalue weighted by Crippen LogP contribution is -1.97.